The molecule has 0 aliphatic rings. The molecule has 1 heterocycles. The standard InChI is InChI=1S/C13H20N2/c1-4-6-7-12(5-2)15-13-10-11(3)8-9-14-13/h4,8-10,12H,1,5-7H2,2-3H3,(H,14,15). The van der Waals surface area contributed by atoms with Crippen LogP contribution in [0.1, 0.15) is 31.7 Å². The molecule has 0 radical (unpaired) electrons. The molecule has 1 atom stereocenters. The van der Waals surface area contributed by atoms with E-state index >= 15 is 0 Å². The van der Waals surface area contributed by atoms with E-state index in [9.17, 15) is 0 Å². The Bertz CT molecular complexity index is 307. The van der Waals surface area contributed by atoms with E-state index in [4.69, 9.17) is 0 Å². The fourth-order valence-corrected chi connectivity index (χ4v) is 1.52. The first-order valence-electron chi connectivity index (χ1n) is 5.56. The van der Waals surface area contributed by atoms with Crippen molar-refractivity contribution in [3.05, 3.63) is 36.5 Å². The molecule has 1 unspecified atom stereocenters. The Morgan fingerprint density at radius 1 is 1.60 bits per heavy atom. The van der Waals surface area contributed by atoms with Crippen molar-refractivity contribution in [2.24, 2.45) is 0 Å². The molecule has 15 heavy (non-hydrogen) atoms. The molecule has 1 aromatic heterocycles. The summed E-state index contributed by atoms with van der Waals surface area (Å²) < 4.78 is 0. The van der Waals surface area contributed by atoms with Gasteiger partial charge in [-0.25, -0.2) is 4.98 Å². The Balaban J connectivity index is 2.54. The fraction of sp³-hybridized carbons (Fsp3) is 0.462. The van der Waals surface area contributed by atoms with Crippen LogP contribution in [0.4, 0.5) is 5.82 Å². The molecule has 0 fully saturated rings. The lowest BCUT2D eigenvalue weighted by atomic mass is 10.1. The number of aryl methyl sites for hydroxylation is 1. The number of hydrogen-bond donors (Lipinski definition) is 1. The molecular weight excluding hydrogens is 184 g/mol. The van der Waals surface area contributed by atoms with Crippen LogP contribution < -0.4 is 5.32 Å². The summed E-state index contributed by atoms with van der Waals surface area (Å²) in [5.41, 5.74) is 1.24. The predicted octanol–water partition coefficient (Wildman–Crippen LogP) is 3.55. The third-order valence-electron chi connectivity index (χ3n) is 2.48. The van der Waals surface area contributed by atoms with Crippen LogP contribution in [-0.4, -0.2) is 11.0 Å². The Kier molecular flexibility index (Phi) is 4.88. The van der Waals surface area contributed by atoms with Gasteiger partial charge in [-0.1, -0.05) is 13.0 Å². The highest BCUT2D eigenvalue weighted by molar-refractivity contribution is 5.37. The molecule has 0 spiro atoms. The average Bonchev–Trinajstić information content (AvgIpc) is 2.24. The van der Waals surface area contributed by atoms with Crippen LogP contribution in [0.5, 0.6) is 0 Å². The van der Waals surface area contributed by atoms with Gasteiger partial charge in [0.05, 0.1) is 0 Å². The van der Waals surface area contributed by atoms with Crippen molar-refractivity contribution in [3.8, 4) is 0 Å². The van der Waals surface area contributed by atoms with Crippen LogP contribution in [0.2, 0.25) is 0 Å². The number of allylic oxidation sites excluding steroid dienone is 1. The van der Waals surface area contributed by atoms with E-state index in [2.05, 4.69) is 36.8 Å². The number of nitrogens with one attached hydrogen (secondary N) is 1. The van der Waals surface area contributed by atoms with E-state index < -0.39 is 0 Å². The summed E-state index contributed by atoms with van der Waals surface area (Å²) >= 11 is 0. The lowest BCUT2D eigenvalue weighted by molar-refractivity contribution is 0.639. The van der Waals surface area contributed by atoms with E-state index in [1.165, 1.54) is 5.56 Å². The molecule has 2 nitrogen and oxygen atoms in total. The lowest BCUT2D eigenvalue weighted by Crippen LogP contribution is -2.18. The fourth-order valence-electron chi connectivity index (χ4n) is 1.52. The molecule has 82 valence electrons. The van der Waals surface area contributed by atoms with Crippen molar-refractivity contribution in [1.82, 2.24) is 4.98 Å². The summed E-state index contributed by atoms with van der Waals surface area (Å²) in [5, 5.41) is 3.45. The smallest absolute Gasteiger partial charge is 0.126 e. The highest BCUT2D eigenvalue weighted by atomic mass is 15.0. The third kappa shape index (κ3) is 4.15. The Morgan fingerprint density at radius 2 is 2.40 bits per heavy atom. The number of hydrogen-bond acceptors (Lipinski definition) is 2. The van der Waals surface area contributed by atoms with Crippen LogP contribution >= 0.6 is 0 Å². The first kappa shape index (κ1) is 11.8. The van der Waals surface area contributed by atoms with Gasteiger partial charge < -0.3 is 5.32 Å². The summed E-state index contributed by atoms with van der Waals surface area (Å²) in [4.78, 5) is 4.30. The maximum absolute atomic E-state index is 4.30. The van der Waals surface area contributed by atoms with Gasteiger partial charge in [0, 0.05) is 12.2 Å². The zero-order valence-corrected chi connectivity index (χ0v) is 9.66. The van der Waals surface area contributed by atoms with Crippen molar-refractivity contribution in [2.45, 2.75) is 39.2 Å². The van der Waals surface area contributed by atoms with Crippen LogP contribution in [0.3, 0.4) is 0 Å². The molecular formula is C13H20N2. The summed E-state index contributed by atoms with van der Waals surface area (Å²) in [6.07, 6.45) is 7.10. The molecule has 0 saturated carbocycles. The van der Waals surface area contributed by atoms with E-state index in [0.29, 0.717) is 6.04 Å². The van der Waals surface area contributed by atoms with Crippen LogP contribution in [-0.2, 0) is 0 Å². The SMILES string of the molecule is C=CCCC(CC)Nc1cc(C)ccn1. The van der Waals surface area contributed by atoms with Gasteiger partial charge >= 0.3 is 0 Å². The van der Waals surface area contributed by atoms with Gasteiger partial charge in [-0.2, -0.15) is 0 Å². The van der Waals surface area contributed by atoms with Crippen LogP contribution in [0.15, 0.2) is 31.0 Å². The van der Waals surface area contributed by atoms with Gasteiger partial charge in [0.1, 0.15) is 5.82 Å². The monoisotopic (exact) mass is 204 g/mol. The Labute approximate surface area is 92.4 Å². The minimum absolute atomic E-state index is 0.498. The van der Waals surface area contributed by atoms with Gasteiger partial charge in [-0.3, -0.25) is 0 Å². The van der Waals surface area contributed by atoms with Crippen molar-refractivity contribution in [3.63, 3.8) is 0 Å². The maximum atomic E-state index is 4.30. The quantitative estimate of drug-likeness (QED) is 0.717. The van der Waals surface area contributed by atoms with E-state index in [0.717, 1.165) is 25.1 Å². The van der Waals surface area contributed by atoms with E-state index in [-0.39, 0.29) is 0 Å². The van der Waals surface area contributed by atoms with Gasteiger partial charge in [0.25, 0.3) is 0 Å². The first-order valence-corrected chi connectivity index (χ1v) is 5.56. The Hall–Kier alpha value is -1.31. The van der Waals surface area contributed by atoms with Crippen LogP contribution in [0.25, 0.3) is 0 Å². The zero-order chi connectivity index (χ0) is 11.1. The highest BCUT2D eigenvalue weighted by Crippen LogP contribution is 2.11. The summed E-state index contributed by atoms with van der Waals surface area (Å²) in [5.74, 6) is 0.978. The molecule has 0 aromatic carbocycles. The minimum atomic E-state index is 0.498. The zero-order valence-electron chi connectivity index (χ0n) is 9.66. The predicted molar refractivity (Wildman–Crippen MR) is 66.1 cm³/mol. The summed E-state index contributed by atoms with van der Waals surface area (Å²) in [7, 11) is 0. The average molecular weight is 204 g/mol. The highest BCUT2D eigenvalue weighted by Gasteiger charge is 2.05. The van der Waals surface area contributed by atoms with Crippen molar-refractivity contribution in [1.29, 1.82) is 0 Å². The van der Waals surface area contributed by atoms with Gasteiger partial charge in [0.2, 0.25) is 0 Å². The molecule has 0 saturated heterocycles. The third-order valence-corrected chi connectivity index (χ3v) is 2.48. The number of nitrogens with zero attached hydrogens (tertiary/aromatic N) is 1. The molecule has 0 amide bonds. The Morgan fingerprint density at radius 3 is 3.00 bits per heavy atom. The molecule has 1 N–H and O–H groups in total. The molecule has 1 rings (SSSR count). The van der Waals surface area contributed by atoms with Crippen molar-refractivity contribution >= 4 is 5.82 Å². The topological polar surface area (TPSA) is 24.9 Å². The van der Waals surface area contributed by atoms with Gasteiger partial charge in [-0.15, -0.1) is 6.58 Å². The van der Waals surface area contributed by atoms with Crippen molar-refractivity contribution < 1.29 is 0 Å². The first-order chi connectivity index (χ1) is 7.26. The molecule has 2 heteroatoms. The minimum Gasteiger partial charge on any atom is -0.367 e. The second-order valence-electron chi connectivity index (χ2n) is 3.83. The van der Waals surface area contributed by atoms with Gasteiger partial charge in [-0.05, 0) is 43.9 Å². The molecule has 0 aliphatic carbocycles. The number of pyridine rings is 1. The van der Waals surface area contributed by atoms with Crippen LogP contribution in [0, 0.1) is 6.92 Å². The van der Waals surface area contributed by atoms with Crippen molar-refractivity contribution in [2.75, 3.05) is 5.32 Å². The van der Waals surface area contributed by atoms with Gasteiger partial charge in [0.15, 0.2) is 0 Å². The number of anilines is 1. The second-order valence-corrected chi connectivity index (χ2v) is 3.83. The summed E-state index contributed by atoms with van der Waals surface area (Å²) in [6.45, 7) is 8.02. The summed E-state index contributed by atoms with van der Waals surface area (Å²) in [6, 6.07) is 4.59. The normalized spacial score (nSPS) is 12.1. The molecule has 0 aliphatic heterocycles. The number of aromatic nitrogens is 1. The maximum Gasteiger partial charge on any atom is 0.126 e. The van der Waals surface area contributed by atoms with E-state index in [1.54, 1.807) is 0 Å². The second kappa shape index (κ2) is 6.23. The largest absolute Gasteiger partial charge is 0.367 e. The molecule has 1 aromatic rings. The lowest BCUT2D eigenvalue weighted by Gasteiger charge is -2.16. The number of rotatable bonds is 6. The molecule has 0 bridgehead atoms. The van der Waals surface area contributed by atoms with E-state index in [1.807, 2.05) is 18.3 Å².